The SMILES string of the molecule is N#Cc1nc(NCC[C@@H]2CCCN2)ccc1[N+](=O)[O-]. The normalized spacial score (nSPS) is 17.9. The number of nitrogens with one attached hydrogen (secondary N) is 2. The van der Waals surface area contributed by atoms with Crippen molar-refractivity contribution in [3.05, 3.63) is 27.9 Å². The lowest BCUT2D eigenvalue weighted by Gasteiger charge is -2.11. The summed E-state index contributed by atoms with van der Waals surface area (Å²) >= 11 is 0. The van der Waals surface area contributed by atoms with Gasteiger partial charge >= 0.3 is 5.69 Å². The molecule has 1 aliphatic rings. The van der Waals surface area contributed by atoms with Crippen molar-refractivity contribution in [3.63, 3.8) is 0 Å². The number of hydrogen-bond donors (Lipinski definition) is 2. The van der Waals surface area contributed by atoms with Gasteiger partial charge in [0.1, 0.15) is 11.9 Å². The van der Waals surface area contributed by atoms with Gasteiger partial charge in [0.05, 0.1) is 4.92 Å². The third-order valence-electron chi connectivity index (χ3n) is 3.14. The van der Waals surface area contributed by atoms with E-state index in [0.29, 0.717) is 11.9 Å². The highest BCUT2D eigenvalue weighted by Gasteiger charge is 2.16. The van der Waals surface area contributed by atoms with Crippen LogP contribution in [0.25, 0.3) is 0 Å². The fraction of sp³-hybridized carbons (Fsp3) is 0.500. The molecule has 19 heavy (non-hydrogen) atoms. The van der Waals surface area contributed by atoms with Crippen LogP contribution in [0.1, 0.15) is 25.0 Å². The second-order valence-electron chi connectivity index (χ2n) is 4.44. The minimum Gasteiger partial charge on any atom is -0.370 e. The summed E-state index contributed by atoms with van der Waals surface area (Å²) in [6, 6.07) is 5.11. The molecular weight excluding hydrogens is 246 g/mol. The number of nitriles is 1. The van der Waals surface area contributed by atoms with Gasteiger partial charge in [0, 0.05) is 18.7 Å². The van der Waals surface area contributed by atoms with E-state index < -0.39 is 4.92 Å². The van der Waals surface area contributed by atoms with Crippen LogP contribution in [0.5, 0.6) is 0 Å². The highest BCUT2D eigenvalue weighted by atomic mass is 16.6. The average Bonchev–Trinajstić information content (AvgIpc) is 2.91. The number of pyridine rings is 1. The smallest absolute Gasteiger partial charge is 0.305 e. The molecule has 1 saturated heterocycles. The van der Waals surface area contributed by atoms with E-state index in [-0.39, 0.29) is 11.4 Å². The maximum Gasteiger partial charge on any atom is 0.305 e. The van der Waals surface area contributed by atoms with E-state index in [4.69, 9.17) is 5.26 Å². The molecule has 0 spiro atoms. The highest BCUT2D eigenvalue weighted by Crippen LogP contribution is 2.18. The molecule has 0 aromatic carbocycles. The van der Waals surface area contributed by atoms with E-state index in [1.165, 1.54) is 25.0 Å². The first-order valence-corrected chi connectivity index (χ1v) is 6.23. The molecule has 0 amide bonds. The minimum absolute atomic E-state index is 0.158. The summed E-state index contributed by atoms with van der Waals surface area (Å²) in [5.41, 5.74) is -0.417. The van der Waals surface area contributed by atoms with Crippen molar-refractivity contribution in [2.45, 2.75) is 25.3 Å². The standard InChI is InChI=1S/C12H15N5O2/c13-8-10-11(17(18)19)3-4-12(16-10)15-7-5-9-2-1-6-14-9/h3-4,9,14H,1-2,5-7H2,(H,15,16)/t9-/m0/s1. The average molecular weight is 261 g/mol. The summed E-state index contributed by atoms with van der Waals surface area (Å²) in [6.45, 7) is 1.80. The van der Waals surface area contributed by atoms with Crippen molar-refractivity contribution < 1.29 is 4.92 Å². The quantitative estimate of drug-likeness (QED) is 0.613. The van der Waals surface area contributed by atoms with Gasteiger partial charge in [-0.25, -0.2) is 4.98 Å². The Kier molecular flexibility index (Phi) is 4.26. The first kappa shape index (κ1) is 13.2. The molecule has 1 aromatic heterocycles. The molecule has 7 heteroatoms. The zero-order valence-electron chi connectivity index (χ0n) is 10.4. The lowest BCUT2D eigenvalue weighted by molar-refractivity contribution is -0.385. The topological polar surface area (TPSA) is 104 Å². The lowest BCUT2D eigenvalue weighted by atomic mass is 10.1. The first-order valence-electron chi connectivity index (χ1n) is 6.23. The van der Waals surface area contributed by atoms with Gasteiger partial charge in [-0.05, 0) is 31.9 Å². The van der Waals surface area contributed by atoms with Crippen LogP contribution in [0.2, 0.25) is 0 Å². The van der Waals surface area contributed by atoms with Gasteiger partial charge in [-0.1, -0.05) is 0 Å². The van der Waals surface area contributed by atoms with Crippen LogP contribution in [0, 0.1) is 21.4 Å². The van der Waals surface area contributed by atoms with Gasteiger partial charge in [0.25, 0.3) is 0 Å². The summed E-state index contributed by atoms with van der Waals surface area (Å²) in [6.07, 6.45) is 3.36. The van der Waals surface area contributed by atoms with E-state index in [1.54, 1.807) is 6.07 Å². The Balaban J connectivity index is 1.93. The van der Waals surface area contributed by atoms with Crippen LogP contribution in [0.3, 0.4) is 0 Å². The molecule has 2 rings (SSSR count). The van der Waals surface area contributed by atoms with Crippen LogP contribution in [-0.4, -0.2) is 29.0 Å². The van der Waals surface area contributed by atoms with E-state index >= 15 is 0 Å². The summed E-state index contributed by atoms with van der Waals surface area (Å²) in [5, 5.41) is 26.0. The summed E-state index contributed by atoms with van der Waals surface area (Å²) in [4.78, 5) is 14.0. The monoisotopic (exact) mass is 261 g/mol. The van der Waals surface area contributed by atoms with E-state index in [1.807, 2.05) is 0 Å². The zero-order chi connectivity index (χ0) is 13.7. The number of anilines is 1. The van der Waals surface area contributed by atoms with Crippen molar-refractivity contribution in [2.75, 3.05) is 18.4 Å². The maximum absolute atomic E-state index is 10.7. The molecule has 2 N–H and O–H groups in total. The Hall–Kier alpha value is -2.20. The molecule has 1 fully saturated rings. The fourth-order valence-electron chi connectivity index (χ4n) is 2.16. The minimum atomic E-state index is -0.599. The first-order chi connectivity index (χ1) is 9.20. The number of hydrogen-bond acceptors (Lipinski definition) is 6. The number of nitrogens with zero attached hydrogens (tertiary/aromatic N) is 3. The van der Waals surface area contributed by atoms with Crippen molar-refractivity contribution in [3.8, 4) is 6.07 Å². The molecule has 1 atom stereocenters. The second kappa shape index (κ2) is 6.11. The summed E-state index contributed by atoms with van der Waals surface area (Å²) < 4.78 is 0. The molecule has 1 aliphatic heterocycles. The molecule has 0 saturated carbocycles. The maximum atomic E-state index is 10.7. The molecule has 0 unspecified atom stereocenters. The Labute approximate surface area is 110 Å². The fourth-order valence-corrected chi connectivity index (χ4v) is 2.16. The van der Waals surface area contributed by atoms with Crippen molar-refractivity contribution in [1.29, 1.82) is 5.26 Å². The van der Waals surface area contributed by atoms with Gasteiger partial charge in [-0.2, -0.15) is 5.26 Å². The van der Waals surface area contributed by atoms with Crippen molar-refractivity contribution in [2.24, 2.45) is 0 Å². The Morgan fingerprint density at radius 2 is 2.47 bits per heavy atom. The van der Waals surface area contributed by atoms with Crippen LogP contribution in [0.4, 0.5) is 11.5 Å². The highest BCUT2D eigenvalue weighted by molar-refractivity contribution is 5.50. The largest absolute Gasteiger partial charge is 0.370 e. The van der Waals surface area contributed by atoms with Crippen LogP contribution >= 0.6 is 0 Å². The van der Waals surface area contributed by atoms with Gasteiger partial charge in [0.15, 0.2) is 0 Å². The molecule has 0 radical (unpaired) electrons. The van der Waals surface area contributed by atoms with Gasteiger partial charge in [-0.3, -0.25) is 10.1 Å². The lowest BCUT2D eigenvalue weighted by Crippen LogP contribution is -2.24. The summed E-state index contributed by atoms with van der Waals surface area (Å²) in [7, 11) is 0. The van der Waals surface area contributed by atoms with E-state index in [9.17, 15) is 10.1 Å². The summed E-state index contributed by atoms with van der Waals surface area (Å²) in [5.74, 6) is 0.500. The van der Waals surface area contributed by atoms with E-state index in [2.05, 4.69) is 15.6 Å². The molecular formula is C12H15N5O2. The molecule has 0 aliphatic carbocycles. The molecule has 2 heterocycles. The Bertz CT molecular complexity index is 505. The Morgan fingerprint density at radius 1 is 1.63 bits per heavy atom. The molecule has 100 valence electrons. The van der Waals surface area contributed by atoms with E-state index in [0.717, 1.165) is 19.5 Å². The number of aromatic nitrogens is 1. The van der Waals surface area contributed by atoms with Crippen LogP contribution < -0.4 is 10.6 Å². The van der Waals surface area contributed by atoms with Crippen LogP contribution in [-0.2, 0) is 0 Å². The number of nitro groups is 1. The van der Waals surface area contributed by atoms with Gasteiger partial charge < -0.3 is 10.6 Å². The predicted octanol–water partition coefficient (Wildman–Crippen LogP) is 1.42. The van der Waals surface area contributed by atoms with Crippen molar-refractivity contribution >= 4 is 11.5 Å². The van der Waals surface area contributed by atoms with Crippen LogP contribution in [0.15, 0.2) is 12.1 Å². The predicted molar refractivity (Wildman–Crippen MR) is 69.7 cm³/mol. The third kappa shape index (κ3) is 3.39. The molecule has 0 bridgehead atoms. The second-order valence-corrected chi connectivity index (χ2v) is 4.44. The van der Waals surface area contributed by atoms with Gasteiger partial charge in [-0.15, -0.1) is 0 Å². The molecule has 1 aromatic rings. The zero-order valence-corrected chi connectivity index (χ0v) is 10.4. The van der Waals surface area contributed by atoms with Crippen molar-refractivity contribution in [1.82, 2.24) is 10.3 Å². The molecule has 7 nitrogen and oxygen atoms in total. The third-order valence-corrected chi connectivity index (χ3v) is 3.14. The van der Waals surface area contributed by atoms with Gasteiger partial charge in [0.2, 0.25) is 5.69 Å². The number of rotatable bonds is 5. The Morgan fingerprint density at radius 3 is 3.11 bits per heavy atom.